The summed E-state index contributed by atoms with van der Waals surface area (Å²) in [6.07, 6.45) is 1.34. The van der Waals surface area contributed by atoms with Gasteiger partial charge in [0.1, 0.15) is 17.9 Å². The summed E-state index contributed by atoms with van der Waals surface area (Å²) in [6.45, 7) is 3.78. The first-order valence-corrected chi connectivity index (χ1v) is 9.23. The first kappa shape index (κ1) is 20.6. The van der Waals surface area contributed by atoms with Gasteiger partial charge in [-0.25, -0.2) is 14.8 Å². The van der Waals surface area contributed by atoms with Gasteiger partial charge in [0.15, 0.2) is 6.04 Å². The molecule has 8 heteroatoms. The SMILES string of the molecule is CC#CC(=O)Nc1cc2c(N[C@H](C(=O)O)c3ccccc3)ncnc2cc1OCC. The van der Waals surface area contributed by atoms with Gasteiger partial charge in [0.2, 0.25) is 0 Å². The second-order valence-corrected chi connectivity index (χ2v) is 6.18. The fourth-order valence-electron chi connectivity index (χ4n) is 2.91. The highest BCUT2D eigenvalue weighted by atomic mass is 16.5. The number of carboxylic acids is 1. The van der Waals surface area contributed by atoms with Crippen molar-refractivity contribution in [3.8, 4) is 17.6 Å². The molecule has 1 amide bonds. The number of amides is 1. The fourth-order valence-corrected chi connectivity index (χ4v) is 2.91. The Bertz CT molecular complexity index is 1140. The highest BCUT2D eigenvalue weighted by molar-refractivity contribution is 6.06. The minimum atomic E-state index is -1.05. The van der Waals surface area contributed by atoms with Gasteiger partial charge >= 0.3 is 5.97 Å². The third-order valence-corrected chi connectivity index (χ3v) is 4.18. The molecule has 0 unspecified atom stereocenters. The van der Waals surface area contributed by atoms with Gasteiger partial charge in [-0.3, -0.25) is 4.79 Å². The number of anilines is 2. The van der Waals surface area contributed by atoms with Crippen molar-refractivity contribution in [2.75, 3.05) is 17.2 Å². The molecule has 0 aliphatic rings. The topological polar surface area (TPSA) is 113 Å². The third-order valence-electron chi connectivity index (χ3n) is 4.18. The number of hydrogen-bond donors (Lipinski definition) is 3. The summed E-state index contributed by atoms with van der Waals surface area (Å²) in [4.78, 5) is 32.3. The van der Waals surface area contributed by atoms with E-state index in [9.17, 15) is 14.7 Å². The molecule has 0 saturated carbocycles. The molecule has 8 nitrogen and oxygen atoms in total. The van der Waals surface area contributed by atoms with E-state index >= 15 is 0 Å². The number of fused-ring (bicyclic) bond motifs is 1. The van der Waals surface area contributed by atoms with Crippen LogP contribution in [0.4, 0.5) is 11.5 Å². The number of carboxylic acid groups (broad SMARTS) is 1. The van der Waals surface area contributed by atoms with Crippen LogP contribution in [0.5, 0.6) is 5.75 Å². The van der Waals surface area contributed by atoms with Crippen molar-refractivity contribution in [2.24, 2.45) is 0 Å². The van der Waals surface area contributed by atoms with E-state index in [2.05, 4.69) is 32.4 Å². The molecular formula is C22H20N4O4. The van der Waals surface area contributed by atoms with Crippen LogP contribution in [0.15, 0.2) is 48.8 Å². The molecule has 1 heterocycles. The van der Waals surface area contributed by atoms with Crippen LogP contribution >= 0.6 is 0 Å². The van der Waals surface area contributed by atoms with Crippen LogP contribution < -0.4 is 15.4 Å². The number of ether oxygens (including phenoxy) is 1. The zero-order chi connectivity index (χ0) is 21.5. The lowest BCUT2D eigenvalue weighted by molar-refractivity contribution is -0.138. The number of rotatable bonds is 7. The molecule has 0 aliphatic heterocycles. The van der Waals surface area contributed by atoms with E-state index in [0.717, 1.165) is 0 Å². The van der Waals surface area contributed by atoms with Crippen LogP contribution in [0.25, 0.3) is 10.9 Å². The summed E-state index contributed by atoms with van der Waals surface area (Å²) in [5.41, 5.74) is 1.50. The van der Waals surface area contributed by atoms with Crippen molar-refractivity contribution < 1.29 is 19.4 Å². The molecule has 1 atom stereocenters. The van der Waals surface area contributed by atoms with Crippen LogP contribution in [0.3, 0.4) is 0 Å². The van der Waals surface area contributed by atoms with Gasteiger partial charge in [0.25, 0.3) is 5.91 Å². The van der Waals surface area contributed by atoms with Crippen LogP contribution in [0.1, 0.15) is 25.5 Å². The van der Waals surface area contributed by atoms with E-state index in [1.54, 1.807) is 43.3 Å². The van der Waals surface area contributed by atoms with E-state index in [0.29, 0.717) is 40.3 Å². The zero-order valence-electron chi connectivity index (χ0n) is 16.5. The molecule has 1 aromatic heterocycles. The molecule has 30 heavy (non-hydrogen) atoms. The fraction of sp³-hybridized carbons (Fsp3) is 0.182. The Morgan fingerprint density at radius 1 is 1.20 bits per heavy atom. The van der Waals surface area contributed by atoms with E-state index in [1.807, 2.05) is 13.0 Å². The third kappa shape index (κ3) is 4.64. The zero-order valence-corrected chi connectivity index (χ0v) is 16.5. The normalized spacial score (nSPS) is 11.1. The van der Waals surface area contributed by atoms with Gasteiger partial charge < -0.3 is 20.5 Å². The second kappa shape index (κ2) is 9.39. The standard InChI is InChI=1S/C22H20N4O4/c1-3-8-19(27)25-17-11-15-16(12-18(17)30-4-2)23-13-24-21(15)26-20(22(28)29)14-9-6-5-7-10-14/h5-7,9-13,20H,4H2,1-2H3,(H,25,27)(H,28,29)(H,23,24,26)/t20-/m0/s1. The molecule has 3 aromatic rings. The Kier molecular flexibility index (Phi) is 6.45. The Morgan fingerprint density at radius 3 is 2.63 bits per heavy atom. The van der Waals surface area contributed by atoms with Gasteiger partial charge in [0, 0.05) is 11.5 Å². The molecule has 0 radical (unpaired) electrons. The molecule has 0 spiro atoms. The van der Waals surface area contributed by atoms with Crippen molar-refractivity contribution in [1.82, 2.24) is 9.97 Å². The van der Waals surface area contributed by atoms with E-state index < -0.39 is 17.9 Å². The smallest absolute Gasteiger partial charge is 0.330 e. The lowest BCUT2D eigenvalue weighted by Crippen LogP contribution is -2.21. The van der Waals surface area contributed by atoms with Crippen molar-refractivity contribution in [2.45, 2.75) is 19.9 Å². The number of benzene rings is 2. The lowest BCUT2D eigenvalue weighted by atomic mass is 10.1. The Hall–Kier alpha value is -4.12. The predicted octanol–water partition coefficient (Wildman–Crippen LogP) is 3.23. The van der Waals surface area contributed by atoms with Gasteiger partial charge in [0.05, 0.1) is 17.8 Å². The summed E-state index contributed by atoms with van der Waals surface area (Å²) in [7, 11) is 0. The number of hydrogen-bond acceptors (Lipinski definition) is 6. The Morgan fingerprint density at radius 2 is 1.97 bits per heavy atom. The second-order valence-electron chi connectivity index (χ2n) is 6.18. The van der Waals surface area contributed by atoms with Crippen LogP contribution in [0, 0.1) is 11.8 Å². The number of nitrogens with one attached hydrogen (secondary N) is 2. The molecule has 0 bridgehead atoms. The molecule has 0 fully saturated rings. The first-order chi connectivity index (χ1) is 14.5. The van der Waals surface area contributed by atoms with Crippen molar-refractivity contribution in [3.05, 3.63) is 54.4 Å². The minimum Gasteiger partial charge on any atom is -0.492 e. The van der Waals surface area contributed by atoms with Crippen LogP contribution in [0.2, 0.25) is 0 Å². The molecule has 3 rings (SSSR count). The maximum atomic E-state index is 12.0. The molecule has 3 N–H and O–H groups in total. The summed E-state index contributed by atoms with van der Waals surface area (Å²) in [5.74, 6) is 4.16. The van der Waals surface area contributed by atoms with Crippen molar-refractivity contribution in [1.29, 1.82) is 0 Å². The summed E-state index contributed by atoms with van der Waals surface area (Å²) >= 11 is 0. The van der Waals surface area contributed by atoms with Crippen LogP contribution in [-0.4, -0.2) is 33.6 Å². The molecule has 0 aliphatic carbocycles. The lowest BCUT2D eigenvalue weighted by Gasteiger charge is -2.18. The van der Waals surface area contributed by atoms with Gasteiger partial charge in [-0.15, -0.1) is 0 Å². The van der Waals surface area contributed by atoms with E-state index in [1.165, 1.54) is 6.33 Å². The molecule has 0 saturated heterocycles. The number of nitrogens with zero attached hydrogens (tertiary/aromatic N) is 2. The van der Waals surface area contributed by atoms with Crippen molar-refractivity contribution in [3.63, 3.8) is 0 Å². The highest BCUT2D eigenvalue weighted by Crippen LogP contribution is 2.33. The largest absolute Gasteiger partial charge is 0.492 e. The Labute approximate surface area is 173 Å². The average molecular weight is 404 g/mol. The number of carbonyl (C=O) groups is 2. The minimum absolute atomic E-state index is 0.316. The number of aromatic nitrogens is 2. The van der Waals surface area contributed by atoms with Gasteiger partial charge in [-0.1, -0.05) is 36.3 Å². The van der Waals surface area contributed by atoms with Crippen LogP contribution in [-0.2, 0) is 9.59 Å². The summed E-state index contributed by atoms with van der Waals surface area (Å²) in [6, 6.07) is 11.1. The monoisotopic (exact) mass is 404 g/mol. The first-order valence-electron chi connectivity index (χ1n) is 9.23. The summed E-state index contributed by atoms with van der Waals surface area (Å²) < 4.78 is 5.61. The molecule has 152 valence electrons. The highest BCUT2D eigenvalue weighted by Gasteiger charge is 2.21. The van der Waals surface area contributed by atoms with E-state index in [-0.39, 0.29) is 0 Å². The van der Waals surface area contributed by atoms with E-state index in [4.69, 9.17) is 4.74 Å². The number of aliphatic carboxylic acids is 1. The Balaban J connectivity index is 2.07. The van der Waals surface area contributed by atoms with Gasteiger partial charge in [-0.2, -0.15) is 0 Å². The van der Waals surface area contributed by atoms with Crippen molar-refractivity contribution >= 4 is 34.3 Å². The maximum absolute atomic E-state index is 12.0. The predicted molar refractivity (Wildman–Crippen MR) is 113 cm³/mol. The summed E-state index contributed by atoms with van der Waals surface area (Å²) in [5, 5.41) is 15.9. The maximum Gasteiger partial charge on any atom is 0.330 e. The van der Waals surface area contributed by atoms with Gasteiger partial charge in [-0.05, 0) is 31.4 Å². The number of carbonyl (C=O) groups excluding carboxylic acids is 1. The molecular weight excluding hydrogens is 384 g/mol. The molecule has 2 aromatic carbocycles. The average Bonchev–Trinajstić information content (AvgIpc) is 2.73. The quantitative estimate of drug-likeness (QED) is 0.518.